The van der Waals surface area contributed by atoms with Crippen LogP contribution in [0.1, 0.15) is 74.9 Å². The van der Waals surface area contributed by atoms with Crippen molar-refractivity contribution in [3.05, 3.63) is 105 Å². The standard InChI is InChI=1S/C37H37Cl2FN8O/c1-22(49)43-26-7-5-6-24(17-26)29(34-21-48(46-45-34)28-10-12-47(13-11-28)37(2,3)4)14-23-15-30-35(44-27-8-9-33(40)31(38)18-27)25(19-41)20-42-36(30)32(39)16-23/h5-9,15-18,20-21,28-29H,10-14H2,1-4H3,(H,42,44)(H,43,49)/t29-/m0/s1. The molecule has 1 aliphatic rings. The molecule has 0 radical (unpaired) electrons. The summed E-state index contributed by atoms with van der Waals surface area (Å²) in [5.74, 6) is -0.950. The first-order chi connectivity index (χ1) is 23.4. The molecule has 0 unspecified atom stereocenters. The van der Waals surface area contributed by atoms with Crippen molar-refractivity contribution in [1.29, 1.82) is 5.26 Å². The number of benzene rings is 3. The van der Waals surface area contributed by atoms with Crippen LogP contribution in [0.25, 0.3) is 10.9 Å². The SMILES string of the molecule is CC(=O)Nc1cccc([C@H](Cc2cc(Cl)c3ncc(C#N)c(Nc4ccc(F)c(Cl)c4)c3c2)c2cn(C3CCN(C(C)(C)C)CC3)nn2)c1. The van der Waals surface area contributed by atoms with Crippen molar-refractivity contribution in [3.8, 4) is 6.07 Å². The second kappa shape index (κ2) is 14.1. The van der Waals surface area contributed by atoms with Crippen LogP contribution < -0.4 is 10.6 Å². The third-order valence-corrected chi connectivity index (χ3v) is 9.59. The number of anilines is 3. The van der Waals surface area contributed by atoms with Crippen LogP contribution in [0.3, 0.4) is 0 Å². The smallest absolute Gasteiger partial charge is 0.221 e. The normalized spacial score (nSPS) is 14.8. The number of likely N-dealkylation sites (tertiary alicyclic amines) is 1. The van der Waals surface area contributed by atoms with Crippen molar-refractivity contribution in [2.45, 2.75) is 64.5 Å². The number of carbonyl (C=O) groups excluding carboxylic acids is 1. The number of nitrogens with one attached hydrogen (secondary N) is 2. The van der Waals surface area contributed by atoms with Gasteiger partial charge >= 0.3 is 0 Å². The number of fused-ring (bicyclic) bond motifs is 1. The molecule has 1 fully saturated rings. The molecule has 3 aromatic carbocycles. The Hall–Kier alpha value is -4.56. The van der Waals surface area contributed by atoms with Gasteiger partial charge in [-0.05, 0) is 93.6 Å². The van der Waals surface area contributed by atoms with Crippen molar-refractivity contribution < 1.29 is 9.18 Å². The number of rotatable bonds is 8. The van der Waals surface area contributed by atoms with Crippen LogP contribution in [0, 0.1) is 17.1 Å². The van der Waals surface area contributed by atoms with Crippen LogP contribution in [-0.2, 0) is 11.2 Å². The topological polar surface area (TPSA) is 112 Å². The van der Waals surface area contributed by atoms with E-state index in [9.17, 15) is 14.4 Å². The second-order valence-corrected chi connectivity index (χ2v) is 14.3. The lowest BCUT2D eigenvalue weighted by Crippen LogP contribution is -2.46. The van der Waals surface area contributed by atoms with Crippen molar-refractivity contribution in [3.63, 3.8) is 0 Å². The van der Waals surface area contributed by atoms with E-state index in [0.29, 0.717) is 45.0 Å². The minimum absolute atomic E-state index is 0.0438. The summed E-state index contributed by atoms with van der Waals surface area (Å²) >= 11 is 12.9. The number of hydrogen-bond donors (Lipinski definition) is 2. The fraction of sp³-hybridized carbons (Fsp3) is 0.324. The molecule has 0 bridgehead atoms. The summed E-state index contributed by atoms with van der Waals surface area (Å²) in [7, 11) is 0. The lowest BCUT2D eigenvalue weighted by Gasteiger charge is -2.40. The van der Waals surface area contributed by atoms with Crippen molar-refractivity contribution in [2.24, 2.45) is 0 Å². The van der Waals surface area contributed by atoms with Crippen molar-refractivity contribution in [2.75, 3.05) is 23.7 Å². The van der Waals surface area contributed by atoms with E-state index in [0.717, 1.165) is 42.8 Å². The van der Waals surface area contributed by atoms with E-state index >= 15 is 0 Å². The second-order valence-electron chi connectivity index (χ2n) is 13.5. The highest BCUT2D eigenvalue weighted by atomic mass is 35.5. The molecule has 2 N–H and O–H groups in total. The van der Waals surface area contributed by atoms with Gasteiger partial charge < -0.3 is 10.6 Å². The maximum absolute atomic E-state index is 13.9. The van der Waals surface area contributed by atoms with Crippen LogP contribution >= 0.6 is 23.2 Å². The summed E-state index contributed by atoms with van der Waals surface area (Å²) in [5, 5.41) is 26.4. The molecule has 252 valence electrons. The predicted molar refractivity (Wildman–Crippen MR) is 192 cm³/mol. The van der Waals surface area contributed by atoms with Gasteiger partial charge in [0.15, 0.2) is 0 Å². The van der Waals surface area contributed by atoms with Gasteiger partial charge in [-0.1, -0.05) is 40.5 Å². The molecule has 1 amide bonds. The number of amides is 1. The van der Waals surface area contributed by atoms with Crippen molar-refractivity contribution >= 4 is 57.1 Å². The van der Waals surface area contributed by atoms with Gasteiger partial charge in [0.05, 0.1) is 38.5 Å². The molecule has 6 rings (SSSR count). The highest BCUT2D eigenvalue weighted by Crippen LogP contribution is 2.37. The monoisotopic (exact) mass is 698 g/mol. The van der Waals surface area contributed by atoms with E-state index in [-0.39, 0.29) is 28.4 Å². The maximum atomic E-state index is 13.9. The average molecular weight is 700 g/mol. The Morgan fingerprint density at radius 2 is 1.86 bits per heavy atom. The zero-order valence-electron chi connectivity index (χ0n) is 27.8. The summed E-state index contributed by atoms with van der Waals surface area (Å²) in [6.07, 6.45) is 5.94. The predicted octanol–water partition coefficient (Wildman–Crippen LogP) is 8.66. The molecule has 12 heteroatoms. The van der Waals surface area contributed by atoms with E-state index in [4.69, 9.17) is 28.3 Å². The molecular formula is C37H37Cl2FN8O. The number of aromatic nitrogens is 4. The van der Waals surface area contributed by atoms with Gasteiger partial charge in [-0.2, -0.15) is 5.26 Å². The molecule has 5 aromatic rings. The highest BCUT2D eigenvalue weighted by Gasteiger charge is 2.29. The Bertz CT molecular complexity index is 2060. The van der Waals surface area contributed by atoms with Gasteiger partial charge in [0.2, 0.25) is 5.91 Å². The van der Waals surface area contributed by atoms with E-state index < -0.39 is 5.82 Å². The number of nitriles is 1. The molecule has 0 spiro atoms. The average Bonchev–Trinajstić information content (AvgIpc) is 3.55. The molecule has 0 aliphatic carbocycles. The number of halogens is 3. The molecule has 49 heavy (non-hydrogen) atoms. The number of pyridine rings is 1. The molecule has 9 nitrogen and oxygen atoms in total. The van der Waals surface area contributed by atoms with Gasteiger partial charge in [0.1, 0.15) is 11.9 Å². The number of nitrogens with zero attached hydrogens (tertiary/aromatic N) is 6. The lowest BCUT2D eigenvalue weighted by molar-refractivity contribution is -0.114. The van der Waals surface area contributed by atoms with Gasteiger partial charge in [-0.25, -0.2) is 9.07 Å². The summed E-state index contributed by atoms with van der Waals surface area (Å²) in [5.41, 5.74) is 5.20. The molecule has 0 saturated carbocycles. The Labute approximate surface area is 295 Å². The Morgan fingerprint density at radius 1 is 1.08 bits per heavy atom. The molecule has 3 heterocycles. The van der Waals surface area contributed by atoms with E-state index in [2.05, 4.69) is 52.6 Å². The molecular weight excluding hydrogens is 662 g/mol. The van der Waals surface area contributed by atoms with E-state index in [1.807, 2.05) is 47.3 Å². The minimum atomic E-state index is -0.543. The molecule has 1 saturated heterocycles. The zero-order chi connectivity index (χ0) is 34.9. The Kier molecular flexibility index (Phi) is 9.89. The van der Waals surface area contributed by atoms with Crippen LogP contribution in [0.2, 0.25) is 10.0 Å². The van der Waals surface area contributed by atoms with Crippen LogP contribution in [-0.4, -0.2) is 49.4 Å². The van der Waals surface area contributed by atoms with Crippen LogP contribution in [0.4, 0.5) is 21.5 Å². The lowest BCUT2D eigenvalue weighted by atomic mass is 9.88. The highest BCUT2D eigenvalue weighted by molar-refractivity contribution is 6.35. The van der Waals surface area contributed by atoms with E-state index in [1.165, 1.54) is 25.3 Å². The maximum Gasteiger partial charge on any atom is 0.221 e. The van der Waals surface area contributed by atoms with Gasteiger partial charge in [0, 0.05) is 60.6 Å². The van der Waals surface area contributed by atoms with Gasteiger partial charge in [-0.15, -0.1) is 5.10 Å². The third kappa shape index (κ3) is 7.70. The van der Waals surface area contributed by atoms with Crippen molar-refractivity contribution in [1.82, 2.24) is 24.9 Å². The first-order valence-corrected chi connectivity index (χ1v) is 16.9. The first-order valence-electron chi connectivity index (χ1n) is 16.2. The summed E-state index contributed by atoms with van der Waals surface area (Å²) in [6.45, 7) is 10.2. The Morgan fingerprint density at radius 3 is 2.55 bits per heavy atom. The minimum Gasteiger partial charge on any atom is -0.354 e. The summed E-state index contributed by atoms with van der Waals surface area (Å²) < 4.78 is 15.9. The summed E-state index contributed by atoms with van der Waals surface area (Å²) in [6, 6.07) is 18.3. The van der Waals surface area contributed by atoms with E-state index in [1.54, 1.807) is 6.07 Å². The van der Waals surface area contributed by atoms with Crippen LogP contribution in [0.5, 0.6) is 0 Å². The van der Waals surface area contributed by atoms with Gasteiger partial charge in [0.25, 0.3) is 0 Å². The molecule has 1 atom stereocenters. The fourth-order valence-corrected chi connectivity index (χ4v) is 6.94. The number of piperidine rings is 1. The zero-order valence-corrected chi connectivity index (χ0v) is 29.3. The fourth-order valence-electron chi connectivity index (χ4n) is 6.47. The number of hydrogen-bond acceptors (Lipinski definition) is 7. The van der Waals surface area contributed by atoms with Crippen LogP contribution in [0.15, 0.2) is 67.0 Å². The molecule has 2 aromatic heterocycles. The largest absolute Gasteiger partial charge is 0.354 e. The Balaban J connectivity index is 1.39. The first kappa shape index (κ1) is 34.3. The van der Waals surface area contributed by atoms with Gasteiger partial charge in [-0.3, -0.25) is 14.7 Å². The number of carbonyl (C=O) groups is 1. The summed E-state index contributed by atoms with van der Waals surface area (Å²) in [4.78, 5) is 18.9. The quantitative estimate of drug-likeness (QED) is 0.167. The third-order valence-electron chi connectivity index (χ3n) is 9.02. The molecule has 1 aliphatic heterocycles.